The van der Waals surface area contributed by atoms with Gasteiger partial charge in [0, 0.05) is 13.1 Å². The van der Waals surface area contributed by atoms with Crippen molar-refractivity contribution in [1.29, 1.82) is 0 Å². The minimum atomic E-state index is -0.153. The van der Waals surface area contributed by atoms with Crippen molar-refractivity contribution >= 4 is 11.6 Å². The highest BCUT2D eigenvalue weighted by atomic mass is 16.3. The fraction of sp³-hybridized carbons (Fsp3) is 0.600. The van der Waals surface area contributed by atoms with Crippen molar-refractivity contribution in [1.82, 2.24) is 9.97 Å². The molecule has 0 unspecified atom stereocenters. The first kappa shape index (κ1) is 10.2. The van der Waals surface area contributed by atoms with Gasteiger partial charge in [-0.1, -0.05) is 0 Å². The standard InChI is InChI=1S/C10H16N4O/c1-11-8-5-9(13-7-12-8)14-10(6-15)3-2-4-10/h5,7,15H,2-4,6H2,1H3,(H2,11,12,13,14). The van der Waals surface area contributed by atoms with Gasteiger partial charge in [-0.25, -0.2) is 9.97 Å². The third-order valence-corrected chi connectivity index (χ3v) is 2.93. The Morgan fingerprint density at radius 3 is 2.67 bits per heavy atom. The van der Waals surface area contributed by atoms with Crippen molar-refractivity contribution in [2.75, 3.05) is 24.3 Å². The van der Waals surface area contributed by atoms with Gasteiger partial charge < -0.3 is 15.7 Å². The molecule has 1 saturated carbocycles. The smallest absolute Gasteiger partial charge is 0.131 e. The lowest BCUT2D eigenvalue weighted by Gasteiger charge is -2.41. The van der Waals surface area contributed by atoms with Gasteiger partial charge in [0.1, 0.15) is 18.0 Å². The number of anilines is 2. The Balaban J connectivity index is 2.09. The summed E-state index contributed by atoms with van der Waals surface area (Å²) in [6.45, 7) is 0.159. The van der Waals surface area contributed by atoms with E-state index in [1.165, 1.54) is 6.33 Å². The van der Waals surface area contributed by atoms with Crippen LogP contribution in [0.3, 0.4) is 0 Å². The second kappa shape index (κ2) is 4.02. The second-order valence-corrected chi connectivity index (χ2v) is 3.96. The minimum absolute atomic E-state index is 0.153. The average molecular weight is 208 g/mol. The number of aromatic nitrogens is 2. The molecule has 3 N–H and O–H groups in total. The van der Waals surface area contributed by atoms with E-state index in [9.17, 15) is 5.11 Å². The lowest BCUT2D eigenvalue weighted by molar-refractivity contribution is 0.144. The highest BCUT2D eigenvalue weighted by molar-refractivity contribution is 5.48. The van der Waals surface area contributed by atoms with E-state index in [4.69, 9.17) is 0 Å². The molecule has 15 heavy (non-hydrogen) atoms. The van der Waals surface area contributed by atoms with Crippen LogP contribution in [0.25, 0.3) is 0 Å². The number of nitrogens with zero attached hydrogens (tertiary/aromatic N) is 2. The first-order chi connectivity index (χ1) is 7.28. The summed E-state index contributed by atoms with van der Waals surface area (Å²) >= 11 is 0. The fourth-order valence-electron chi connectivity index (χ4n) is 1.76. The quantitative estimate of drug-likeness (QED) is 0.684. The van der Waals surface area contributed by atoms with Crippen molar-refractivity contribution in [3.05, 3.63) is 12.4 Å². The molecule has 1 aromatic heterocycles. The Morgan fingerprint density at radius 2 is 2.13 bits per heavy atom. The molecule has 82 valence electrons. The molecule has 5 nitrogen and oxygen atoms in total. The van der Waals surface area contributed by atoms with Crippen molar-refractivity contribution in [2.45, 2.75) is 24.8 Å². The van der Waals surface area contributed by atoms with Crippen LogP contribution in [0.4, 0.5) is 11.6 Å². The summed E-state index contributed by atoms with van der Waals surface area (Å²) in [5, 5.41) is 15.5. The summed E-state index contributed by atoms with van der Waals surface area (Å²) in [5.41, 5.74) is -0.153. The molecular formula is C10H16N4O. The van der Waals surface area contributed by atoms with Gasteiger partial charge in [0.05, 0.1) is 12.1 Å². The number of hydrogen-bond acceptors (Lipinski definition) is 5. The van der Waals surface area contributed by atoms with Crippen molar-refractivity contribution in [2.24, 2.45) is 0 Å². The van der Waals surface area contributed by atoms with Crippen LogP contribution < -0.4 is 10.6 Å². The summed E-state index contributed by atoms with van der Waals surface area (Å²) in [6.07, 6.45) is 4.68. The molecule has 0 aromatic carbocycles. The maximum atomic E-state index is 9.30. The van der Waals surface area contributed by atoms with Crippen LogP contribution in [-0.2, 0) is 0 Å². The Labute approximate surface area is 88.9 Å². The average Bonchev–Trinajstić information content (AvgIpc) is 2.24. The zero-order chi connectivity index (χ0) is 10.7. The van der Waals surface area contributed by atoms with Gasteiger partial charge in [-0.15, -0.1) is 0 Å². The molecule has 0 atom stereocenters. The van der Waals surface area contributed by atoms with Crippen molar-refractivity contribution in [3.8, 4) is 0 Å². The molecule has 2 rings (SSSR count). The monoisotopic (exact) mass is 208 g/mol. The second-order valence-electron chi connectivity index (χ2n) is 3.96. The molecule has 1 heterocycles. The lowest BCUT2D eigenvalue weighted by Crippen LogP contribution is -2.48. The summed E-state index contributed by atoms with van der Waals surface area (Å²) < 4.78 is 0. The van der Waals surface area contributed by atoms with Gasteiger partial charge in [-0.05, 0) is 19.3 Å². The number of nitrogens with one attached hydrogen (secondary N) is 2. The SMILES string of the molecule is CNc1cc(NC2(CO)CCC2)ncn1. The van der Waals surface area contributed by atoms with Crippen LogP contribution in [0.1, 0.15) is 19.3 Å². The maximum Gasteiger partial charge on any atom is 0.131 e. The first-order valence-electron chi connectivity index (χ1n) is 5.17. The van der Waals surface area contributed by atoms with E-state index in [0.29, 0.717) is 0 Å². The molecule has 0 bridgehead atoms. The zero-order valence-corrected chi connectivity index (χ0v) is 8.82. The van der Waals surface area contributed by atoms with E-state index in [2.05, 4.69) is 20.6 Å². The van der Waals surface area contributed by atoms with Crippen LogP contribution in [0.2, 0.25) is 0 Å². The molecule has 0 aliphatic heterocycles. The molecule has 1 aromatic rings. The van der Waals surface area contributed by atoms with E-state index < -0.39 is 0 Å². The molecular weight excluding hydrogens is 192 g/mol. The van der Waals surface area contributed by atoms with E-state index in [1.807, 2.05) is 13.1 Å². The van der Waals surface area contributed by atoms with E-state index in [0.717, 1.165) is 30.9 Å². The Kier molecular flexibility index (Phi) is 2.73. The molecule has 0 spiro atoms. The summed E-state index contributed by atoms with van der Waals surface area (Å²) in [5.74, 6) is 1.54. The van der Waals surface area contributed by atoms with Crippen LogP contribution >= 0.6 is 0 Å². The largest absolute Gasteiger partial charge is 0.394 e. The van der Waals surface area contributed by atoms with Gasteiger partial charge in [0.25, 0.3) is 0 Å². The van der Waals surface area contributed by atoms with E-state index in [-0.39, 0.29) is 12.1 Å². The van der Waals surface area contributed by atoms with Gasteiger partial charge in [-0.3, -0.25) is 0 Å². The molecule has 0 amide bonds. The molecule has 0 saturated heterocycles. The Bertz CT molecular complexity index is 332. The fourth-order valence-corrected chi connectivity index (χ4v) is 1.76. The van der Waals surface area contributed by atoms with Gasteiger partial charge in [-0.2, -0.15) is 0 Å². The van der Waals surface area contributed by atoms with Gasteiger partial charge in [0.2, 0.25) is 0 Å². The molecule has 1 aliphatic carbocycles. The topological polar surface area (TPSA) is 70.1 Å². The van der Waals surface area contributed by atoms with Crippen LogP contribution in [-0.4, -0.2) is 34.3 Å². The Morgan fingerprint density at radius 1 is 1.40 bits per heavy atom. The van der Waals surface area contributed by atoms with Gasteiger partial charge >= 0.3 is 0 Å². The number of aliphatic hydroxyl groups is 1. The molecule has 1 aliphatic rings. The third-order valence-electron chi connectivity index (χ3n) is 2.93. The van der Waals surface area contributed by atoms with Crippen molar-refractivity contribution < 1.29 is 5.11 Å². The van der Waals surface area contributed by atoms with E-state index >= 15 is 0 Å². The summed E-state index contributed by atoms with van der Waals surface area (Å²) in [7, 11) is 1.82. The maximum absolute atomic E-state index is 9.30. The van der Waals surface area contributed by atoms with Crippen LogP contribution in [0, 0.1) is 0 Å². The van der Waals surface area contributed by atoms with Crippen molar-refractivity contribution in [3.63, 3.8) is 0 Å². The predicted molar refractivity (Wildman–Crippen MR) is 58.9 cm³/mol. The number of hydrogen-bond donors (Lipinski definition) is 3. The zero-order valence-electron chi connectivity index (χ0n) is 8.82. The third kappa shape index (κ3) is 2.02. The van der Waals surface area contributed by atoms with Crippen LogP contribution in [0.5, 0.6) is 0 Å². The first-order valence-corrected chi connectivity index (χ1v) is 5.17. The summed E-state index contributed by atoms with van der Waals surface area (Å²) in [4.78, 5) is 8.16. The van der Waals surface area contributed by atoms with Gasteiger partial charge in [0.15, 0.2) is 0 Å². The normalized spacial score (nSPS) is 18.0. The molecule has 1 fully saturated rings. The number of rotatable bonds is 4. The molecule has 0 radical (unpaired) electrons. The number of aliphatic hydroxyl groups excluding tert-OH is 1. The lowest BCUT2D eigenvalue weighted by atomic mass is 9.77. The Hall–Kier alpha value is -1.36. The highest BCUT2D eigenvalue weighted by Gasteiger charge is 2.36. The van der Waals surface area contributed by atoms with E-state index in [1.54, 1.807) is 0 Å². The van der Waals surface area contributed by atoms with Crippen LogP contribution in [0.15, 0.2) is 12.4 Å². The summed E-state index contributed by atoms with van der Waals surface area (Å²) in [6, 6.07) is 1.84. The minimum Gasteiger partial charge on any atom is -0.394 e. The molecule has 5 heteroatoms. The predicted octanol–water partition coefficient (Wildman–Crippen LogP) is 0.845. The highest BCUT2D eigenvalue weighted by Crippen LogP contribution is 2.34.